The monoisotopic (exact) mass is 301 g/mol. The Morgan fingerprint density at radius 1 is 1.45 bits per heavy atom. The fourth-order valence-electron chi connectivity index (χ4n) is 3.13. The minimum Gasteiger partial charge on any atom is -0.425 e. The van der Waals surface area contributed by atoms with E-state index >= 15 is 0 Å². The molecule has 7 nitrogen and oxygen atoms in total. The summed E-state index contributed by atoms with van der Waals surface area (Å²) in [6.45, 7) is 4.87. The molecule has 0 amide bonds. The van der Waals surface area contributed by atoms with E-state index in [0.717, 1.165) is 6.42 Å². The normalized spacial score (nSPS) is 31.4. The standard InChI is InChI=1S/C12H19N3O4S/c1-3-20(16,17)15-6-4-10-12(8-15,5-7-18-10)11-14-13-9(2)19-11/h10H,3-8H2,1-2H3/t10-,12-/m1/s1. The second kappa shape index (κ2) is 4.78. The molecule has 1 aromatic rings. The molecule has 2 fully saturated rings. The molecule has 0 radical (unpaired) electrons. The van der Waals surface area contributed by atoms with Crippen molar-refractivity contribution in [3.8, 4) is 0 Å². The summed E-state index contributed by atoms with van der Waals surface area (Å²) in [5.41, 5.74) is -0.484. The number of sulfonamides is 1. The van der Waals surface area contributed by atoms with Crippen LogP contribution >= 0.6 is 0 Å². The van der Waals surface area contributed by atoms with Crippen molar-refractivity contribution in [1.82, 2.24) is 14.5 Å². The highest BCUT2D eigenvalue weighted by molar-refractivity contribution is 7.89. The second-order valence-corrected chi connectivity index (χ2v) is 7.67. The first-order valence-electron chi connectivity index (χ1n) is 6.88. The average Bonchev–Trinajstić information content (AvgIpc) is 3.04. The lowest BCUT2D eigenvalue weighted by Crippen LogP contribution is -2.54. The summed E-state index contributed by atoms with van der Waals surface area (Å²) in [6.07, 6.45) is 1.35. The van der Waals surface area contributed by atoms with Gasteiger partial charge in [0.05, 0.1) is 17.3 Å². The first kappa shape index (κ1) is 14.0. The van der Waals surface area contributed by atoms with Crippen molar-refractivity contribution in [1.29, 1.82) is 0 Å². The molecule has 2 saturated heterocycles. The zero-order valence-corrected chi connectivity index (χ0v) is 12.5. The van der Waals surface area contributed by atoms with Gasteiger partial charge in [-0.3, -0.25) is 0 Å². The van der Waals surface area contributed by atoms with Crippen LogP contribution in [0.4, 0.5) is 0 Å². The Balaban J connectivity index is 1.97. The second-order valence-electron chi connectivity index (χ2n) is 5.41. The van der Waals surface area contributed by atoms with Gasteiger partial charge in [-0.15, -0.1) is 10.2 Å². The van der Waals surface area contributed by atoms with Gasteiger partial charge in [-0.05, 0) is 19.8 Å². The molecular weight excluding hydrogens is 282 g/mol. The van der Waals surface area contributed by atoms with Crippen molar-refractivity contribution >= 4 is 10.0 Å². The minimum absolute atomic E-state index is 0.0364. The van der Waals surface area contributed by atoms with Crippen LogP contribution in [0.3, 0.4) is 0 Å². The fraction of sp³-hybridized carbons (Fsp3) is 0.833. The van der Waals surface area contributed by atoms with Gasteiger partial charge >= 0.3 is 0 Å². The molecule has 1 aromatic heterocycles. The van der Waals surface area contributed by atoms with Gasteiger partial charge in [0, 0.05) is 26.6 Å². The van der Waals surface area contributed by atoms with E-state index in [1.54, 1.807) is 13.8 Å². The lowest BCUT2D eigenvalue weighted by Gasteiger charge is -2.40. The van der Waals surface area contributed by atoms with Crippen molar-refractivity contribution in [2.45, 2.75) is 38.2 Å². The third-order valence-corrected chi connectivity index (χ3v) is 6.12. The maximum absolute atomic E-state index is 12.1. The van der Waals surface area contributed by atoms with Gasteiger partial charge in [0.1, 0.15) is 0 Å². The Hall–Kier alpha value is -0.990. The summed E-state index contributed by atoms with van der Waals surface area (Å²) >= 11 is 0. The molecule has 2 atom stereocenters. The van der Waals surface area contributed by atoms with E-state index in [4.69, 9.17) is 9.15 Å². The molecule has 0 aromatic carbocycles. The SMILES string of the molecule is CCS(=O)(=O)N1CC[C@H]2OCC[C@@]2(c2nnc(C)o2)C1. The molecule has 3 heterocycles. The van der Waals surface area contributed by atoms with Crippen molar-refractivity contribution in [2.75, 3.05) is 25.4 Å². The molecule has 20 heavy (non-hydrogen) atoms. The molecule has 3 rings (SSSR count). The van der Waals surface area contributed by atoms with Crippen molar-refractivity contribution in [3.63, 3.8) is 0 Å². The van der Waals surface area contributed by atoms with Crippen molar-refractivity contribution < 1.29 is 17.6 Å². The van der Waals surface area contributed by atoms with Crippen LogP contribution < -0.4 is 0 Å². The average molecular weight is 301 g/mol. The number of hydrogen-bond donors (Lipinski definition) is 0. The third kappa shape index (κ3) is 2.06. The topological polar surface area (TPSA) is 85.5 Å². The highest BCUT2D eigenvalue weighted by Gasteiger charge is 2.54. The quantitative estimate of drug-likeness (QED) is 0.806. The number of ether oxygens (including phenoxy) is 1. The van der Waals surface area contributed by atoms with E-state index in [0.29, 0.717) is 37.9 Å². The smallest absolute Gasteiger partial charge is 0.226 e. The Labute approximate surface area is 118 Å². The molecule has 2 aliphatic heterocycles. The zero-order chi connectivity index (χ0) is 14.4. The van der Waals surface area contributed by atoms with Crippen molar-refractivity contribution in [3.05, 3.63) is 11.8 Å². The van der Waals surface area contributed by atoms with E-state index < -0.39 is 15.4 Å². The summed E-state index contributed by atoms with van der Waals surface area (Å²) in [5.74, 6) is 1.11. The Kier molecular flexibility index (Phi) is 3.34. The Bertz CT molecular complexity index is 600. The van der Waals surface area contributed by atoms with Gasteiger partial charge in [-0.25, -0.2) is 12.7 Å². The highest BCUT2D eigenvalue weighted by Crippen LogP contribution is 2.43. The van der Waals surface area contributed by atoms with Gasteiger partial charge in [-0.2, -0.15) is 0 Å². The number of rotatable bonds is 3. The van der Waals surface area contributed by atoms with Gasteiger partial charge in [0.15, 0.2) is 0 Å². The summed E-state index contributed by atoms with van der Waals surface area (Å²) in [4.78, 5) is 0. The molecule has 0 aliphatic carbocycles. The number of aryl methyl sites for hydroxylation is 1. The molecule has 0 bridgehead atoms. The predicted octanol–water partition coefficient (Wildman–Crippen LogP) is 0.460. The maximum atomic E-state index is 12.1. The van der Waals surface area contributed by atoms with Gasteiger partial charge in [0.2, 0.25) is 21.8 Å². The highest BCUT2D eigenvalue weighted by atomic mass is 32.2. The number of fused-ring (bicyclic) bond motifs is 1. The van der Waals surface area contributed by atoms with Crippen LogP contribution in [0.25, 0.3) is 0 Å². The first-order valence-corrected chi connectivity index (χ1v) is 8.49. The summed E-state index contributed by atoms with van der Waals surface area (Å²) in [7, 11) is -3.21. The Morgan fingerprint density at radius 2 is 2.25 bits per heavy atom. The summed E-state index contributed by atoms with van der Waals surface area (Å²) in [6, 6.07) is 0. The van der Waals surface area contributed by atoms with E-state index in [9.17, 15) is 8.42 Å². The number of nitrogens with zero attached hydrogens (tertiary/aromatic N) is 3. The van der Waals surface area contributed by atoms with Crippen LogP contribution in [0.1, 0.15) is 31.5 Å². The molecule has 112 valence electrons. The Morgan fingerprint density at radius 3 is 2.90 bits per heavy atom. The van der Waals surface area contributed by atoms with E-state index in [1.807, 2.05) is 0 Å². The van der Waals surface area contributed by atoms with Gasteiger partial charge in [-0.1, -0.05) is 0 Å². The van der Waals surface area contributed by atoms with Crippen LogP contribution in [-0.2, 0) is 20.2 Å². The zero-order valence-electron chi connectivity index (χ0n) is 11.7. The summed E-state index contributed by atoms with van der Waals surface area (Å²) in [5, 5.41) is 8.01. The molecule has 0 unspecified atom stereocenters. The first-order chi connectivity index (χ1) is 9.48. The molecule has 8 heteroatoms. The minimum atomic E-state index is -3.21. The fourth-order valence-corrected chi connectivity index (χ4v) is 4.31. The number of aromatic nitrogens is 2. The molecule has 0 spiro atoms. The van der Waals surface area contributed by atoms with Crippen LogP contribution in [0.2, 0.25) is 0 Å². The molecular formula is C12H19N3O4S. The van der Waals surface area contributed by atoms with Crippen LogP contribution in [-0.4, -0.2) is 54.5 Å². The molecule has 0 N–H and O–H groups in total. The largest absolute Gasteiger partial charge is 0.425 e. The number of piperidine rings is 1. The van der Waals surface area contributed by atoms with E-state index in [2.05, 4.69) is 10.2 Å². The number of hydrogen-bond acceptors (Lipinski definition) is 6. The van der Waals surface area contributed by atoms with Gasteiger partial charge in [0.25, 0.3) is 0 Å². The lowest BCUT2D eigenvalue weighted by atomic mass is 9.77. The van der Waals surface area contributed by atoms with Gasteiger partial charge < -0.3 is 9.15 Å². The molecule has 0 saturated carbocycles. The van der Waals surface area contributed by atoms with E-state index in [-0.39, 0.29) is 11.9 Å². The van der Waals surface area contributed by atoms with E-state index in [1.165, 1.54) is 4.31 Å². The molecule has 2 aliphatic rings. The lowest BCUT2D eigenvalue weighted by molar-refractivity contribution is 0.0295. The van der Waals surface area contributed by atoms with Crippen molar-refractivity contribution in [2.24, 2.45) is 0 Å². The van der Waals surface area contributed by atoms with Crippen LogP contribution in [0.5, 0.6) is 0 Å². The predicted molar refractivity (Wildman–Crippen MR) is 70.7 cm³/mol. The van der Waals surface area contributed by atoms with Crippen LogP contribution in [0.15, 0.2) is 4.42 Å². The summed E-state index contributed by atoms with van der Waals surface area (Å²) < 4.78 is 37.2. The third-order valence-electron chi connectivity index (χ3n) is 4.29. The van der Waals surface area contributed by atoms with Crippen LogP contribution in [0, 0.1) is 6.92 Å². The maximum Gasteiger partial charge on any atom is 0.226 e.